The fourth-order valence-electron chi connectivity index (χ4n) is 3.51. The standard InChI is InChI=1S/C20H26N4O2/c1-3-16-5-7-17(8-6-16)19(25)23(2)14-20(26)9-4-12-24(15-20)18-13-21-10-11-22-18/h5-8,10-11,13,26H,3-4,9,12,14-15H2,1-2H3/t20-/m1/s1. The molecule has 1 aliphatic heterocycles. The van der Waals surface area contributed by atoms with Crippen molar-refractivity contribution in [3.05, 3.63) is 54.0 Å². The van der Waals surface area contributed by atoms with Crippen LogP contribution in [-0.4, -0.2) is 58.2 Å². The number of aromatic nitrogens is 2. The quantitative estimate of drug-likeness (QED) is 0.891. The molecule has 3 rings (SSSR count). The fraction of sp³-hybridized carbons (Fsp3) is 0.450. The van der Waals surface area contributed by atoms with Gasteiger partial charge in [0.2, 0.25) is 0 Å². The second kappa shape index (κ2) is 7.83. The largest absolute Gasteiger partial charge is 0.386 e. The second-order valence-corrected chi connectivity index (χ2v) is 7.02. The van der Waals surface area contributed by atoms with Gasteiger partial charge in [-0.05, 0) is 37.0 Å². The van der Waals surface area contributed by atoms with Crippen LogP contribution in [0.3, 0.4) is 0 Å². The summed E-state index contributed by atoms with van der Waals surface area (Å²) in [6.07, 6.45) is 7.45. The summed E-state index contributed by atoms with van der Waals surface area (Å²) in [5.74, 6) is 0.687. The molecule has 1 atom stereocenters. The van der Waals surface area contributed by atoms with E-state index in [-0.39, 0.29) is 12.5 Å². The van der Waals surface area contributed by atoms with Crippen molar-refractivity contribution in [2.45, 2.75) is 31.8 Å². The highest BCUT2D eigenvalue weighted by atomic mass is 16.3. The molecule has 1 N–H and O–H groups in total. The molecule has 0 bridgehead atoms. The maximum Gasteiger partial charge on any atom is 0.253 e. The highest BCUT2D eigenvalue weighted by Crippen LogP contribution is 2.25. The van der Waals surface area contributed by atoms with Gasteiger partial charge in [-0.2, -0.15) is 0 Å². The SMILES string of the molecule is CCc1ccc(C(=O)N(C)C[C@]2(O)CCCN(c3cnccn3)C2)cc1. The zero-order valence-corrected chi connectivity index (χ0v) is 15.4. The number of nitrogens with zero attached hydrogens (tertiary/aromatic N) is 4. The molecule has 0 saturated carbocycles. The monoisotopic (exact) mass is 354 g/mol. The number of aliphatic hydroxyl groups is 1. The lowest BCUT2D eigenvalue weighted by atomic mass is 9.92. The first kappa shape index (κ1) is 18.3. The second-order valence-electron chi connectivity index (χ2n) is 7.02. The summed E-state index contributed by atoms with van der Waals surface area (Å²) in [7, 11) is 1.75. The fourth-order valence-corrected chi connectivity index (χ4v) is 3.51. The summed E-state index contributed by atoms with van der Waals surface area (Å²) in [5.41, 5.74) is 0.897. The molecule has 6 nitrogen and oxygen atoms in total. The van der Waals surface area contributed by atoms with Crippen LogP contribution in [0.2, 0.25) is 0 Å². The van der Waals surface area contributed by atoms with E-state index in [2.05, 4.69) is 16.9 Å². The van der Waals surface area contributed by atoms with Crippen LogP contribution < -0.4 is 4.90 Å². The number of β-amino-alcohol motifs (C(OH)–C–C–N with tert-alkyl or cyclic N) is 1. The first-order chi connectivity index (χ1) is 12.5. The number of likely N-dealkylation sites (N-methyl/N-ethyl adjacent to an activating group) is 1. The first-order valence-electron chi connectivity index (χ1n) is 9.08. The molecule has 1 aromatic carbocycles. The van der Waals surface area contributed by atoms with Gasteiger partial charge in [0.15, 0.2) is 0 Å². The maximum absolute atomic E-state index is 12.7. The molecule has 26 heavy (non-hydrogen) atoms. The van der Waals surface area contributed by atoms with Crippen LogP contribution in [-0.2, 0) is 6.42 Å². The molecule has 6 heteroatoms. The zero-order valence-electron chi connectivity index (χ0n) is 15.4. The van der Waals surface area contributed by atoms with E-state index in [4.69, 9.17) is 0 Å². The molecule has 138 valence electrons. The van der Waals surface area contributed by atoms with Gasteiger partial charge in [0.05, 0.1) is 18.3 Å². The van der Waals surface area contributed by atoms with Crippen molar-refractivity contribution in [1.82, 2.24) is 14.9 Å². The highest BCUT2D eigenvalue weighted by molar-refractivity contribution is 5.94. The van der Waals surface area contributed by atoms with Crippen LogP contribution in [0, 0.1) is 0 Å². The Kier molecular flexibility index (Phi) is 5.52. The molecule has 1 aliphatic rings. The molecule has 0 unspecified atom stereocenters. The first-order valence-corrected chi connectivity index (χ1v) is 9.08. The van der Waals surface area contributed by atoms with E-state index in [0.29, 0.717) is 18.5 Å². The number of aryl methyl sites for hydroxylation is 1. The molecule has 1 aromatic heterocycles. The topological polar surface area (TPSA) is 69.6 Å². The Hall–Kier alpha value is -2.47. The van der Waals surface area contributed by atoms with Crippen molar-refractivity contribution >= 4 is 11.7 Å². The van der Waals surface area contributed by atoms with Gasteiger partial charge in [0.1, 0.15) is 5.82 Å². The number of rotatable bonds is 5. The number of carbonyl (C=O) groups excluding carboxylic acids is 1. The lowest BCUT2D eigenvalue weighted by molar-refractivity contribution is -0.000145. The van der Waals surface area contributed by atoms with E-state index >= 15 is 0 Å². The predicted molar refractivity (Wildman–Crippen MR) is 101 cm³/mol. The smallest absolute Gasteiger partial charge is 0.253 e. The number of amides is 1. The normalized spacial score (nSPS) is 20.0. The molecule has 1 fully saturated rings. The third-order valence-electron chi connectivity index (χ3n) is 4.92. The number of piperidine rings is 1. The van der Waals surface area contributed by atoms with Crippen LogP contribution >= 0.6 is 0 Å². The minimum absolute atomic E-state index is 0.0716. The van der Waals surface area contributed by atoms with E-state index in [1.54, 1.807) is 30.5 Å². The van der Waals surface area contributed by atoms with Crippen molar-refractivity contribution in [2.75, 3.05) is 31.6 Å². The molecule has 0 radical (unpaired) electrons. The van der Waals surface area contributed by atoms with Crippen LogP contribution in [0.25, 0.3) is 0 Å². The lowest BCUT2D eigenvalue weighted by Crippen LogP contribution is -2.54. The van der Waals surface area contributed by atoms with Gasteiger partial charge in [-0.25, -0.2) is 4.98 Å². The van der Waals surface area contributed by atoms with E-state index in [1.807, 2.05) is 29.2 Å². The summed E-state index contributed by atoms with van der Waals surface area (Å²) >= 11 is 0. The van der Waals surface area contributed by atoms with Gasteiger partial charge in [0, 0.05) is 38.1 Å². The zero-order chi connectivity index (χ0) is 18.6. The number of hydrogen-bond donors (Lipinski definition) is 1. The Bertz CT molecular complexity index is 735. The number of benzene rings is 1. The molecule has 1 amide bonds. The molecular formula is C20H26N4O2. The Labute approximate surface area is 154 Å². The summed E-state index contributed by atoms with van der Waals surface area (Å²) in [6, 6.07) is 7.67. The molecule has 0 aliphatic carbocycles. The summed E-state index contributed by atoms with van der Waals surface area (Å²) in [4.78, 5) is 24.8. The molecular weight excluding hydrogens is 328 g/mol. The van der Waals surface area contributed by atoms with Gasteiger partial charge in [-0.15, -0.1) is 0 Å². The molecule has 0 spiro atoms. The number of anilines is 1. The van der Waals surface area contributed by atoms with E-state index < -0.39 is 5.60 Å². The minimum atomic E-state index is -0.955. The summed E-state index contributed by atoms with van der Waals surface area (Å²) < 4.78 is 0. The van der Waals surface area contributed by atoms with Crippen LogP contribution in [0.1, 0.15) is 35.7 Å². The molecule has 2 aromatic rings. The summed E-state index contributed by atoms with van der Waals surface area (Å²) in [5, 5.41) is 11.1. The van der Waals surface area contributed by atoms with Gasteiger partial charge >= 0.3 is 0 Å². The van der Waals surface area contributed by atoms with Crippen molar-refractivity contribution < 1.29 is 9.90 Å². The Morgan fingerprint density at radius 1 is 1.31 bits per heavy atom. The maximum atomic E-state index is 12.7. The predicted octanol–water partition coefficient (Wildman–Crippen LogP) is 2.14. The van der Waals surface area contributed by atoms with Crippen LogP contribution in [0.5, 0.6) is 0 Å². The van der Waals surface area contributed by atoms with Crippen molar-refractivity contribution in [3.63, 3.8) is 0 Å². The Morgan fingerprint density at radius 3 is 2.73 bits per heavy atom. The van der Waals surface area contributed by atoms with Crippen molar-refractivity contribution in [2.24, 2.45) is 0 Å². The number of hydrogen-bond acceptors (Lipinski definition) is 5. The van der Waals surface area contributed by atoms with Gasteiger partial charge in [-0.3, -0.25) is 9.78 Å². The minimum Gasteiger partial charge on any atom is -0.386 e. The van der Waals surface area contributed by atoms with Crippen molar-refractivity contribution in [3.8, 4) is 0 Å². The van der Waals surface area contributed by atoms with E-state index in [1.165, 1.54) is 5.56 Å². The van der Waals surface area contributed by atoms with Crippen LogP contribution in [0.4, 0.5) is 5.82 Å². The Balaban J connectivity index is 1.66. The average molecular weight is 354 g/mol. The van der Waals surface area contributed by atoms with Crippen LogP contribution in [0.15, 0.2) is 42.9 Å². The van der Waals surface area contributed by atoms with E-state index in [0.717, 1.165) is 25.2 Å². The summed E-state index contributed by atoms with van der Waals surface area (Å²) in [6.45, 7) is 3.65. The third-order valence-corrected chi connectivity index (χ3v) is 4.92. The highest BCUT2D eigenvalue weighted by Gasteiger charge is 2.36. The number of carbonyl (C=O) groups is 1. The lowest BCUT2D eigenvalue weighted by Gasteiger charge is -2.41. The Morgan fingerprint density at radius 2 is 2.08 bits per heavy atom. The van der Waals surface area contributed by atoms with Gasteiger partial charge in [0.25, 0.3) is 5.91 Å². The molecule has 1 saturated heterocycles. The third kappa shape index (κ3) is 4.19. The average Bonchev–Trinajstić information content (AvgIpc) is 2.68. The van der Waals surface area contributed by atoms with Gasteiger partial charge in [-0.1, -0.05) is 19.1 Å². The van der Waals surface area contributed by atoms with Gasteiger partial charge < -0.3 is 14.9 Å². The van der Waals surface area contributed by atoms with E-state index in [9.17, 15) is 9.90 Å². The molecule has 2 heterocycles. The van der Waals surface area contributed by atoms with Crippen molar-refractivity contribution in [1.29, 1.82) is 0 Å².